The topological polar surface area (TPSA) is 125 Å². The van der Waals surface area contributed by atoms with E-state index in [0.29, 0.717) is 5.69 Å². The zero-order valence-electron chi connectivity index (χ0n) is 19.9. The molecule has 1 aliphatic carbocycles. The van der Waals surface area contributed by atoms with Crippen LogP contribution in [0.5, 0.6) is 0 Å². The molecule has 6 aromatic heterocycles. The molecule has 7 rings (SSSR count). The molecule has 1 amide bonds. The van der Waals surface area contributed by atoms with Crippen LogP contribution >= 0.6 is 0 Å². The van der Waals surface area contributed by atoms with Gasteiger partial charge in [0.05, 0.1) is 53.2 Å². The van der Waals surface area contributed by atoms with Crippen molar-refractivity contribution in [2.75, 3.05) is 5.32 Å². The second-order valence-electron chi connectivity index (χ2n) is 9.44. The van der Waals surface area contributed by atoms with E-state index in [9.17, 15) is 4.79 Å². The Kier molecular flexibility index (Phi) is 5.05. The van der Waals surface area contributed by atoms with Gasteiger partial charge in [-0.15, -0.1) is 0 Å². The lowest BCUT2D eigenvalue weighted by Crippen LogP contribution is -2.20. The van der Waals surface area contributed by atoms with Gasteiger partial charge in [-0.3, -0.25) is 24.8 Å². The average molecular weight is 490 g/mol. The maximum absolute atomic E-state index is 12.6. The summed E-state index contributed by atoms with van der Waals surface area (Å²) in [6, 6.07) is 9.81. The summed E-state index contributed by atoms with van der Waals surface area (Å²) in [4.78, 5) is 29.6. The Bertz CT molecular complexity index is 1740. The van der Waals surface area contributed by atoms with Gasteiger partial charge in [0.1, 0.15) is 5.69 Å². The lowest BCUT2D eigenvalue weighted by molar-refractivity contribution is -0.119. The third-order valence-corrected chi connectivity index (χ3v) is 7.07. The number of anilines is 1. The van der Waals surface area contributed by atoms with Crippen LogP contribution in [0.3, 0.4) is 0 Å². The number of rotatable bonds is 5. The molecule has 9 heteroatoms. The predicted molar refractivity (Wildman–Crippen MR) is 140 cm³/mol. The van der Waals surface area contributed by atoms with Gasteiger partial charge in [-0.2, -0.15) is 5.10 Å². The van der Waals surface area contributed by atoms with Gasteiger partial charge in [0.25, 0.3) is 0 Å². The van der Waals surface area contributed by atoms with Crippen molar-refractivity contribution in [3.63, 3.8) is 0 Å². The molecule has 6 heterocycles. The van der Waals surface area contributed by atoms with Crippen molar-refractivity contribution >= 4 is 33.4 Å². The molecule has 0 aliphatic heterocycles. The molecule has 1 saturated carbocycles. The molecule has 0 aromatic carbocycles. The number of nitrogens with zero attached hydrogens (tertiary/aromatic N) is 4. The second kappa shape index (κ2) is 8.70. The third kappa shape index (κ3) is 3.85. The van der Waals surface area contributed by atoms with Gasteiger partial charge in [0, 0.05) is 45.7 Å². The molecule has 182 valence electrons. The van der Waals surface area contributed by atoms with E-state index in [0.717, 1.165) is 81.4 Å². The van der Waals surface area contributed by atoms with Crippen molar-refractivity contribution in [1.29, 1.82) is 0 Å². The summed E-state index contributed by atoms with van der Waals surface area (Å²) >= 11 is 0. The molecule has 0 bridgehead atoms. The van der Waals surface area contributed by atoms with E-state index in [1.807, 2.05) is 24.3 Å². The van der Waals surface area contributed by atoms with Gasteiger partial charge in [-0.05, 0) is 43.2 Å². The number of aromatic amines is 2. The molecule has 0 atom stereocenters. The first-order chi connectivity index (χ1) is 18.2. The minimum Gasteiger partial charge on any atom is -0.472 e. The molecule has 1 aliphatic rings. The van der Waals surface area contributed by atoms with Crippen molar-refractivity contribution in [2.45, 2.75) is 25.7 Å². The van der Waals surface area contributed by atoms with Crippen LogP contribution in [0.1, 0.15) is 25.7 Å². The number of furan rings is 1. The average Bonchev–Trinajstić information content (AvgIpc) is 3.74. The van der Waals surface area contributed by atoms with Crippen LogP contribution < -0.4 is 5.32 Å². The van der Waals surface area contributed by atoms with E-state index in [2.05, 4.69) is 41.5 Å². The zero-order chi connectivity index (χ0) is 24.8. The molecule has 6 aromatic rings. The highest BCUT2D eigenvalue weighted by Crippen LogP contribution is 2.34. The van der Waals surface area contributed by atoms with E-state index in [1.54, 1.807) is 37.3 Å². The largest absolute Gasteiger partial charge is 0.472 e. The highest BCUT2D eigenvalue weighted by Gasteiger charge is 2.23. The zero-order valence-corrected chi connectivity index (χ0v) is 19.9. The number of carbonyl (C=O) groups excluding carboxylic acids is 1. The van der Waals surface area contributed by atoms with Crippen LogP contribution in [0.15, 0.2) is 72.1 Å². The van der Waals surface area contributed by atoms with E-state index < -0.39 is 0 Å². The van der Waals surface area contributed by atoms with E-state index >= 15 is 0 Å². The summed E-state index contributed by atoms with van der Waals surface area (Å²) < 4.78 is 5.26. The Balaban J connectivity index is 1.25. The number of hydrogen-bond acceptors (Lipinski definition) is 6. The van der Waals surface area contributed by atoms with E-state index in [-0.39, 0.29) is 11.8 Å². The molecule has 0 radical (unpaired) electrons. The Morgan fingerprint density at radius 1 is 0.946 bits per heavy atom. The second-order valence-corrected chi connectivity index (χ2v) is 9.44. The molecule has 1 fully saturated rings. The standard InChI is InChI=1S/C28H23N7O2/c36-28(16-3-1-2-4-16)32-19-9-18(12-29-13-19)23-10-21-25(14-31-23)34-35-27(21)24-11-20-22(33-24)5-7-30-26(20)17-6-8-37-15-17/h5-16,33H,1-4H2,(H,32,36)(H,34,35). The van der Waals surface area contributed by atoms with Gasteiger partial charge in [0.2, 0.25) is 5.91 Å². The monoisotopic (exact) mass is 489 g/mol. The van der Waals surface area contributed by atoms with Crippen LogP contribution in [-0.4, -0.2) is 36.0 Å². The van der Waals surface area contributed by atoms with Crippen LogP contribution in [0.25, 0.3) is 55.7 Å². The summed E-state index contributed by atoms with van der Waals surface area (Å²) in [7, 11) is 0. The van der Waals surface area contributed by atoms with Crippen LogP contribution in [0, 0.1) is 5.92 Å². The molecular formula is C28H23N7O2. The molecule has 0 saturated heterocycles. The molecule has 0 unspecified atom stereocenters. The van der Waals surface area contributed by atoms with Crippen LogP contribution in [0.2, 0.25) is 0 Å². The number of carbonyl (C=O) groups is 1. The molecular weight excluding hydrogens is 466 g/mol. The van der Waals surface area contributed by atoms with Crippen molar-refractivity contribution in [3.8, 4) is 33.9 Å². The molecule has 9 nitrogen and oxygen atoms in total. The Hall–Kier alpha value is -4.79. The molecule has 0 spiro atoms. The SMILES string of the molecule is O=C(Nc1cncc(-c2cc3c(-c4cc5c(-c6ccoc6)nccc5[nH]4)n[nH]c3cn2)c1)C1CCCC1. The Morgan fingerprint density at radius 3 is 2.70 bits per heavy atom. The van der Waals surface area contributed by atoms with Gasteiger partial charge in [-0.25, -0.2) is 0 Å². The fourth-order valence-electron chi connectivity index (χ4n) is 5.17. The summed E-state index contributed by atoms with van der Waals surface area (Å²) in [6.07, 6.45) is 14.4. The maximum atomic E-state index is 12.6. The van der Waals surface area contributed by atoms with Crippen molar-refractivity contribution in [1.82, 2.24) is 30.1 Å². The number of H-pyrrole nitrogens is 2. The number of hydrogen-bond donors (Lipinski definition) is 3. The van der Waals surface area contributed by atoms with Crippen molar-refractivity contribution in [2.24, 2.45) is 5.92 Å². The van der Waals surface area contributed by atoms with Gasteiger partial charge in [0.15, 0.2) is 0 Å². The summed E-state index contributed by atoms with van der Waals surface area (Å²) in [5, 5.41) is 12.6. The van der Waals surface area contributed by atoms with Crippen LogP contribution in [0.4, 0.5) is 5.69 Å². The lowest BCUT2D eigenvalue weighted by Gasteiger charge is -2.11. The minimum atomic E-state index is 0.0695. The van der Waals surface area contributed by atoms with Crippen molar-refractivity contribution < 1.29 is 9.21 Å². The lowest BCUT2D eigenvalue weighted by atomic mass is 10.1. The minimum absolute atomic E-state index is 0.0695. The van der Waals surface area contributed by atoms with E-state index in [1.165, 1.54) is 0 Å². The Morgan fingerprint density at radius 2 is 1.84 bits per heavy atom. The summed E-state index contributed by atoms with van der Waals surface area (Å²) in [5.74, 6) is 0.159. The highest BCUT2D eigenvalue weighted by atomic mass is 16.3. The summed E-state index contributed by atoms with van der Waals surface area (Å²) in [5.41, 5.74) is 7.45. The number of aromatic nitrogens is 6. The molecule has 3 N–H and O–H groups in total. The number of pyridine rings is 3. The first-order valence-corrected chi connectivity index (χ1v) is 12.3. The first-order valence-electron chi connectivity index (χ1n) is 12.3. The normalized spacial score (nSPS) is 14.1. The van der Waals surface area contributed by atoms with Gasteiger partial charge >= 0.3 is 0 Å². The number of nitrogens with one attached hydrogen (secondary N) is 3. The predicted octanol–water partition coefficient (Wildman–Crippen LogP) is 5.95. The quantitative estimate of drug-likeness (QED) is 0.275. The van der Waals surface area contributed by atoms with Gasteiger partial charge in [-0.1, -0.05) is 12.8 Å². The number of fused-ring (bicyclic) bond motifs is 2. The summed E-state index contributed by atoms with van der Waals surface area (Å²) in [6.45, 7) is 0. The fourth-order valence-corrected chi connectivity index (χ4v) is 5.17. The highest BCUT2D eigenvalue weighted by molar-refractivity contribution is 6.00. The number of amides is 1. The fraction of sp³-hybridized carbons (Fsp3) is 0.179. The first kappa shape index (κ1) is 21.5. The van der Waals surface area contributed by atoms with Crippen LogP contribution in [-0.2, 0) is 4.79 Å². The van der Waals surface area contributed by atoms with Gasteiger partial charge < -0.3 is 14.7 Å². The van der Waals surface area contributed by atoms with Crippen molar-refractivity contribution in [3.05, 3.63) is 67.6 Å². The maximum Gasteiger partial charge on any atom is 0.227 e. The van der Waals surface area contributed by atoms with E-state index in [4.69, 9.17) is 4.42 Å². The third-order valence-electron chi connectivity index (χ3n) is 7.07. The smallest absolute Gasteiger partial charge is 0.227 e. The Labute approximate surface area is 211 Å². The molecule has 37 heavy (non-hydrogen) atoms.